The Kier molecular flexibility index (Phi) is 7.26. The van der Waals surface area contributed by atoms with E-state index in [1.807, 2.05) is 36.4 Å². The van der Waals surface area contributed by atoms with E-state index in [1.165, 1.54) is 5.56 Å². The van der Waals surface area contributed by atoms with Crippen LogP contribution in [-0.2, 0) is 25.7 Å². The van der Waals surface area contributed by atoms with E-state index in [0.717, 1.165) is 53.7 Å². The number of ether oxygens (including phenoxy) is 4. The third-order valence-corrected chi connectivity index (χ3v) is 9.46. The molecule has 44 heavy (non-hydrogen) atoms. The molecule has 8 nitrogen and oxygen atoms in total. The summed E-state index contributed by atoms with van der Waals surface area (Å²) in [7, 11) is 7.47. The van der Waals surface area contributed by atoms with Crippen LogP contribution in [0.1, 0.15) is 45.5 Å². The van der Waals surface area contributed by atoms with Crippen molar-refractivity contribution in [2.75, 3.05) is 41.4 Å². The standard InChI is InChI=1S/C36H38N2O6/c1-37-15-13-23-8-12-29-35(42-4)32(23)27(37)18-22-7-11-28(39)30(19-22)43-25-9-5-21(6-10-25)17-26-33-24(14-16-38(26)2)20-31(41-3)34(40)36(33)44-29/h5-12,19-20,26-27,39-40H,13-18H2,1-4H3/t26-,27-/m1/s1. The highest BCUT2D eigenvalue weighted by molar-refractivity contribution is 5.63. The van der Waals surface area contributed by atoms with E-state index in [4.69, 9.17) is 18.9 Å². The van der Waals surface area contributed by atoms with Crippen LogP contribution in [0.15, 0.2) is 60.7 Å². The first kappa shape index (κ1) is 28.4. The summed E-state index contributed by atoms with van der Waals surface area (Å²) in [5.41, 5.74) is 6.45. The lowest BCUT2D eigenvalue weighted by Crippen LogP contribution is -2.34. The molecule has 8 heteroatoms. The highest BCUT2D eigenvalue weighted by atomic mass is 16.5. The van der Waals surface area contributed by atoms with E-state index in [9.17, 15) is 10.2 Å². The second-order valence-corrected chi connectivity index (χ2v) is 12.1. The minimum atomic E-state index is -0.0561. The summed E-state index contributed by atoms with van der Waals surface area (Å²) in [5, 5.41) is 22.3. The molecule has 6 bridgehead atoms. The molecule has 4 aliphatic rings. The summed E-state index contributed by atoms with van der Waals surface area (Å²) >= 11 is 0. The smallest absolute Gasteiger partial charge is 0.201 e. The lowest BCUT2D eigenvalue weighted by Gasteiger charge is -2.37. The number of hydrogen-bond donors (Lipinski definition) is 2. The molecule has 0 saturated carbocycles. The van der Waals surface area contributed by atoms with Gasteiger partial charge in [-0.25, -0.2) is 0 Å². The topological polar surface area (TPSA) is 83.9 Å². The van der Waals surface area contributed by atoms with Gasteiger partial charge in [-0.3, -0.25) is 9.80 Å². The van der Waals surface area contributed by atoms with Gasteiger partial charge < -0.3 is 29.2 Å². The molecule has 0 aliphatic carbocycles. The summed E-state index contributed by atoms with van der Waals surface area (Å²) in [5.74, 6) is 3.15. The van der Waals surface area contributed by atoms with Gasteiger partial charge in [0.25, 0.3) is 0 Å². The molecule has 0 amide bonds. The van der Waals surface area contributed by atoms with Gasteiger partial charge in [0.2, 0.25) is 5.75 Å². The number of fused-ring (bicyclic) bond motifs is 2. The molecule has 228 valence electrons. The van der Waals surface area contributed by atoms with E-state index < -0.39 is 0 Å². The van der Waals surface area contributed by atoms with Crippen LogP contribution in [0.5, 0.6) is 46.0 Å². The summed E-state index contributed by atoms with van der Waals surface area (Å²) < 4.78 is 24.7. The van der Waals surface area contributed by atoms with Gasteiger partial charge in [-0.15, -0.1) is 0 Å². The van der Waals surface area contributed by atoms with Crippen molar-refractivity contribution in [3.8, 4) is 46.0 Å². The Bertz CT molecular complexity index is 1720. The zero-order chi connectivity index (χ0) is 30.5. The first-order valence-electron chi connectivity index (χ1n) is 15.1. The van der Waals surface area contributed by atoms with Crippen LogP contribution in [0.25, 0.3) is 0 Å². The molecule has 2 atom stereocenters. The Morgan fingerprint density at radius 3 is 2.11 bits per heavy atom. The quantitative estimate of drug-likeness (QED) is 0.270. The number of nitrogens with zero attached hydrogens (tertiary/aromatic N) is 2. The zero-order valence-electron chi connectivity index (χ0n) is 25.6. The Morgan fingerprint density at radius 2 is 1.39 bits per heavy atom. The predicted molar refractivity (Wildman–Crippen MR) is 168 cm³/mol. The zero-order valence-corrected chi connectivity index (χ0v) is 25.6. The van der Waals surface area contributed by atoms with Gasteiger partial charge in [-0.1, -0.05) is 24.3 Å². The molecule has 8 rings (SSSR count). The van der Waals surface area contributed by atoms with Crippen molar-refractivity contribution in [1.29, 1.82) is 0 Å². The highest BCUT2D eigenvalue weighted by Gasteiger charge is 2.35. The van der Waals surface area contributed by atoms with E-state index >= 15 is 0 Å². The van der Waals surface area contributed by atoms with E-state index in [1.54, 1.807) is 20.3 Å². The second kappa shape index (κ2) is 11.3. The number of benzene rings is 4. The van der Waals surface area contributed by atoms with Crippen molar-refractivity contribution in [3.05, 3.63) is 94.0 Å². The van der Waals surface area contributed by atoms with Crippen molar-refractivity contribution < 1.29 is 29.2 Å². The second-order valence-electron chi connectivity index (χ2n) is 12.1. The van der Waals surface area contributed by atoms with Crippen LogP contribution < -0.4 is 18.9 Å². The van der Waals surface area contributed by atoms with Crippen molar-refractivity contribution in [3.63, 3.8) is 0 Å². The average molecular weight is 595 g/mol. The van der Waals surface area contributed by atoms with Gasteiger partial charge in [0, 0.05) is 36.3 Å². The number of phenolic OH excluding ortho intramolecular Hbond substituents is 2. The van der Waals surface area contributed by atoms with Gasteiger partial charge in [0.15, 0.2) is 34.5 Å². The van der Waals surface area contributed by atoms with Crippen molar-refractivity contribution in [2.45, 2.75) is 37.8 Å². The Balaban J connectivity index is 1.46. The Hall–Kier alpha value is -4.40. The molecule has 4 aliphatic heterocycles. The Morgan fingerprint density at radius 1 is 0.705 bits per heavy atom. The molecule has 0 aromatic heterocycles. The van der Waals surface area contributed by atoms with E-state index in [-0.39, 0.29) is 23.6 Å². The fraction of sp³-hybridized carbons (Fsp3) is 0.333. The number of hydrogen-bond acceptors (Lipinski definition) is 8. The Labute approximate surface area is 258 Å². The molecule has 2 N–H and O–H groups in total. The fourth-order valence-electron chi connectivity index (χ4n) is 7.02. The van der Waals surface area contributed by atoms with E-state index in [0.29, 0.717) is 47.3 Å². The number of aromatic hydroxyl groups is 2. The molecule has 0 fully saturated rings. The summed E-state index contributed by atoms with van der Waals surface area (Å²) in [6, 6.07) is 19.5. The molecule has 0 radical (unpaired) electrons. The van der Waals surface area contributed by atoms with Gasteiger partial charge >= 0.3 is 0 Å². The predicted octanol–water partition coefficient (Wildman–Crippen LogP) is 6.56. The van der Waals surface area contributed by atoms with Crippen LogP contribution in [0, 0.1) is 0 Å². The molecule has 0 saturated heterocycles. The van der Waals surface area contributed by atoms with Gasteiger partial charge in [-0.2, -0.15) is 0 Å². The average Bonchev–Trinajstić information content (AvgIpc) is 3.03. The molecule has 0 spiro atoms. The monoisotopic (exact) mass is 594 g/mol. The van der Waals surface area contributed by atoms with Gasteiger partial charge in [0.05, 0.1) is 14.2 Å². The van der Waals surface area contributed by atoms with Crippen molar-refractivity contribution >= 4 is 0 Å². The summed E-state index contributed by atoms with van der Waals surface area (Å²) in [4.78, 5) is 4.64. The fourth-order valence-corrected chi connectivity index (χ4v) is 7.02. The summed E-state index contributed by atoms with van der Waals surface area (Å²) in [6.45, 7) is 1.75. The summed E-state index contributed by atoms with van der Waals surface area (Å²) in [6.07, 6.45) is 3.05. The van der Waals surface area contributed by atoms with Gasteiger partial charge in [0.1, 0.15) is 5.75 Å². The highest BCUT2D eigenvalue weighted by Crippen LogP contribution is 2.52. The first-order chi connectivity index (χ1) is 21.3. The van der Waals surface area contributed by atoms with Crippen molar-refractivity contribution in [2.24, 2.45) is 0 Å². The molecular formula is C36H38N2O6. The largest absolute Gasteiger partial charge is 0.504 e. The third-order valence-electron chi connectivity index (χ3n) is 9.46. The number of rotatable bonds is 2. The minimum absolute atomic E-state index is 0.0143. The maximum atomic E-state index is 11.6. The molecule has 4 aromatic rings. The SMILES string of the molecule is COc1cc2c3c(c1O)Oc1ccc4c(c1OC)[C@@H](Cc1ccc(O)c(c1)Oc1ccc(cc1)C[C@H]3N(C)CC2)N(C)CC4. The lowest BCUT2D eigenvalue weighted by atomic mass is 9.87. The normalized spacial score (nSPS) is 19.6. The number of methoxy groups -OCH3 is 2. The third kappa shape index (κ3) is 4.88. The molecule has 4 heterocycles. The van der Waals surface area contributed by atoms with Gasteiger partial charge in [-0.05, 0) is 98.4 Å². The maximum Gasteiger partial charge on any atom is 0.201 e. The number of phenols is 2. The van der Waals surface area contributed by atoms with Crippen LogP contribution in [0.4, 0.5) is 0 Å². The number of likely N-dealkylation sites (N-methyl/N-ethyl adjacent to an activating group) is 2. The van der Waals surface area contributed by atoms with Crippen molar-refractivity contribution in [1.82, 2.24) is 9.80 Å². The molecule has 0 unspecified atom stereocenters. The lowest BCUT2D eigenvalue weighted by molar-refractivity contribution is 0.217. The van der Waals surface area contributed by atoms with Crippen LogP contribution in [0.3, 0.4) is 0 Å². The minimum Gasteiger partial charge on any atom is -0.504 e. The first-order valence-corrected chi connectivity index (χ1v) is 15.1. The molecular weight excluding hydrogens is 556 g/mol. The van der Waals surface area contributed by atoms with Crippen LogP contribution >= 0.6 is 0 Å². The van der Waals surface area contributed by atoms with E-state index in [2.05, 4.69) is 42.1 Å². The van der Waals surface area contributed by atoms with Crippen LogP contribution in [0.2, 0.25) is 0 Å². The molecule has 4 aromatic carbocycles. The van der Waals surface area contributed by atoms with Crippen LogP contribution in [-0.4, -0.2) is 61.4 Å². The maximum absolute atomic E-state index is 11.6.